The molecule has 2 aromatic rings. The third-order valence-electron chi connectivity index (χ3n) is 3.45. The fraction of sp³-hybridized carbons (Fsp3) is 0.462. The molecule has 0 amide bonds. The van der Waals surface area contributed by atoms with E-state index in [2.05, 4.69) is 34.0 Å². The van der Waals surface area contributed by atoms with Crippen LogP contribution in [0.5, 0.6) is 0 Å². The fourth-order valence-corrected chi connectivity index (χ4v) is 3.87. The number of hydrogen-bond acceptors (Lipinski definition) is 5. The van der Waals surface area contributed by atoms with E-state index in [0.717, 1.165) is 24.6 Å². The first-order chi connectivity index (χ1) is 8.72. The maximum Gasteiger partial charge on any atom is 0.124 e. The molecule has 2 atom stereocenters. The zero-order chi connectivity index (χ0) is 12.5. The Kier molecular flexibility index (Phi) is 3.48. The highest BCUT2D eigenvalue weighted by Crippen LogP contribution is 2.26. The highest BCUT2D eigenvalue weighted by Gasteiger charge is 2.26. The van der Waals surface area contributed by atoms with Gasteiger partial charge in [0.2, 0.25) is 0 Å². The van der Waals surface area contributed by atoms with Crippen LogP contribution in [-0.4, -0.2) is 29.0 Å². The van der Waals surface area contributed by atoms with Gasteiger partial charge in [-0.3, -0.25) is 4.90 Å². The molecule has 1 saturated heterocycles. The molecule has 5 heteroatoms. The normalized spacial score (nSPS) is 24.8. The molecule has 0 radical (unpaired) electrons. The van der Waals surface area contributed by atoms with Crippen LogP contribution >= 0.6 is 22.7 Å². The predicted octanol–water partition coefficient (Wildman–Crippen LogP) is 2.65. The predicted molar refractivity (Wildman–Crippen MR) is 77.8 cm³/mol. The first-order valence-electron chi connectivity index (χ1n) is 6.17. The number of rotatable bonds is 3. The van der Waals surface area contributed by atoms with Crippen molar-refractivity contribution in [1.82, 2.24) is 9.88 Å². The van der Waals surface area contributed by atoms with E-state index in [1.165, 1.54) is 11.3 Å². The van der Waals surface area contributed by atoms with Crippen LogP contribution in [0.25, 0.3) is 10.6 Å². The smallest absolute Gasteiger partial charge is 0.124 e. The van der Waals surface area contributed by atoms with Crippen LogP contribution in [0, 0.1) is 5.92 Å². The standard InChI is InChI=1S/C13H17N3S2/c1-9-4-16(6-12(9)14)5-11-8-18-13(15-11)10-2-3-17-7-10/h2-3,7-9,12H,4-6,14H2,1H3. The number of thiophene rings is 1. The van der Waals surface area contributed by atoms with Gasteiger partial charge in [-0.1, -0.05) is 6.92 Å². The minimum atomic E-state index is 0.319. The first kappa shape index (κ1) is 12.3. The second-order valence-electron chi connectivity index (χ2n) is 4.99. The Labute approximate surface area is 115 Å². The topological polar surface area (TPSA) is 42.2 Å². The van der Waals surface area contributed by atoms with E-state index in [0.29, 0.717) is 12.0 Å². The molecule has 2 unspecified atom stereocenters. The van der Waals surface area contributed by atoms with Gasteiger partial charge < -0.3 is 5.73 Å². The van der Waals surface area contributed by atoms with Gasteiger partial charge in [0, 0.05) is 42.0 Å². The lowest BCUT2D eigenvalue weighted by Crippen LogP contribution is -2.28. The van der Waals surface area contributed by atoms with Crippen LogP contribution in [-0.2, 0) is 6.54 Å². The molecule has 0 aromatic carbocycles. The number of likely N-dealkylation sites (tertiary alicyclic amines) is 1. The summed E-state index contributed by atoms with van der Waals surface area (Å²) in [5, 5.41) is 7.54. The van der Waals surface area contributed by atoms with Crippen LogP contribution in [0.15, 0.2) is 22.2 Å². The van der Waals surface area contributed by atoms with Crippen molar-refractivity contribution in [2.75, 3.05) is 13.1 Å². The molecular weight excluding hydrogens is 262 g/mol. The summed E-state index contributed by atoms with van der Waals surface area (Å²) < 4.78 is 0. The number of aromatic nitrogens is 1. The summed E-state index contributed by atoms with van der Waals surface area (Å²) in [4.78, 5) is 7.11. The molecule has 1 aliphatic heterocycles. The van der Waals surface area contributed by atoms with Gasteiger partial charge in [-0.05, 0) is 17.4 Å². The molecule has 3 rings (SSSR count). The lowest BCUT2D eigenvalue weighted by molar-refractivity contribution is 0.315. The molecule has 1 fully saturated rings. The Hall–Kier alpha value is -0.750. The van der Waals surface area contributed by atoms with E-state index in [1.54, 1.807) is 22.7 Å². The summed E-state index contributed by atoms with van der Waals surface area (Å²) in [6.45, 7) is 5.24. The Morgan fingerprint density at radius 1 is 1.44 bits per heavy atom. The molecular formula is C13H17N3S2. The average Bonchev–Trinajstić information content (AvgIpc) is 3.02. The zero-order valence-electron chi connectivity index (χ0n) is 10.4. The van der Waals surface area contributed by atoms with E-state index in [-0.39, 0.29) is 0 Å². The lowest BCUT2D eigenvalue weighted by atomic mass is 10.1. The van der Waals surface area contributed by atoms with E-state index in [1.807, 2.05) is 0 Å². The van der Waals surface area contributed by atoms with Crippen molar-refractivity contribution < 1.29 is 0 Å². The molecule has 0 aliphatic carbocycles. The Balaban J connectivity index is 1.68. The largest absolute Gasteiger partial charge is 0.326 e. The average molecular weight is 279 g/mol. The van der Waals surface area contributed by atoms with E-state index in [9.17, 15) is 0 Å². The quantitative estimate of drug-likeness (QED) is 0.939. The number of hydrogen-bond donors (Lipinski definition) is 1. The molecule has 1 aliphatic rings. The van der Waals surface area contributed by atoms with Gasteiger partial charge in [0.15, 0.2) is 0 Å². The Morgan fingerprint density at radius 2 is 2.33 bits per heavy atom. The third-order valence-corrected chi connectivity index (χ3v) is 5.07. The lowest BCUT2D eigenvalue weighted by Gasteiger charge is -2.12. The second kappa shape index (κ2) is 5.09. The van der Waals surface area contributed by atoms with Crippen molar-refractivity contribution >= 4 is 22.7 Å². The molecule has 18 heavy (non-hydrogen) atoms. The monoisotopic (exact) mass is 279 g/mol. The number of thiazole rings is 1. The highest BCUT2D eigenvalue weighted by atomic mass is 32.1. The number of nitrogens with two attached hydrogens (primary N) is 1. The zero-order valence-corrected chi connectivity index (χ0v) is 12.0. The molecule has 96 valence electrons. The second-order valence-corrected chi connectivity index (χ2v) is 6.63. The summed E-state index contributed by atoms with van der Waals surface area (Å²) in [5.74, 6) is 0.597. The van der Waals surface area contributed by atoms with Crippen LogP contribution in [0.4, 0.5) is 0 Å². The minimum absolute atomic E-state index is 0.319. The summed E-state index contributed by atoms with van der Waals surface area (Å²) >= 11 is 3.45. The molecule has 0 bridgehead atoms. The van der Waals surface area contributed by atoms with E-state index < -0.39 is 0 Å². The van der Waals surface area contributed by atoms with Crippen molar-refractivity contribution in [3.8, 4) is 10.6 Å². The van der Waals surface area contributed by atoms with Crippen molar-refractivity contribution in [1.29, 1.82) is 0 Å². The summed E-state index contributed by atoms with van der Waals surface area (Å²) in [6, 6.07) is 2.45. The van der Waals surface area contributed by atoms with Crippen LogP contribution in [0.2, 0.25) is 0 Å². The SMILES string of the molecule is CC1CN(Cc2csc(-c3ccsc3)n2)CC1N. The van der Waals surface area contributed by atoms with Crippen molar-refractivity contribution in [3.63, 3.8) is 0 Å². The highest BCUT2D eigenvalue weighted by molar-refractivity contribution is 7.14. The van der Waals surface area contributed by atoms with Crippen molar-refractivity contribution in [2.24, 2.45) is 11.7 Å². The maximum absolute atomic E-state index is 6.05. The maximum atomic E-state index is 6.05. The van der Waals surface area contributed by atoms with Crippen LogP contribution in [0.1, 0.15) is 12.6 Å². The molecule has 3 nitrogen and oxygen atoms in total. The first-order valence-corrected chi connectivity index (χ1v) is 7.99. The van der Waals surface area contributed by atoms with Crippen molar-refractivity contribution in [2.45, 2.75) is 19.5 Å². The molecule has 2 N–H and O–H groups in total. The molecule has 3 heterocycles. The molecule has 0 saturated carbocycles. The molecule has 0 spiro atoms. The van der Waals surface area contributed by atoms with Gasteiger partial charge in [0.25, 0.3) is 0 Å². The van der Waals surface area contributed by atoms with E-state index >= 15 is 0 Å². The summed E-state index contributed by atoms with van der Waals surface area (Å²) in [7, 11) is 0. The Bertz CT molecular complexity index is 496. The van der Waals surface area contributed by atoms with Crippen LogP contribution < -0.4 is 5.73 Å². The number of nitrogens with zero attached hydrogens (tertiary/aromatic N) is 2. The van der Waals surface area contributed by atoms with Crippen molar-refractivity contribution in [3.05, 3.63) is 27.9 Å². The Morgan fingerprint density at radius 3 is 3.00 bits per heavy atom. The van der Waals surface area contributed by atoms with Gasteiger partial charge in [-0.2, -0.15) is 11.3 Å². The fourth-order valence-electron chi connectivity index (χ4n) is 2.35. The van der Waals surface area contributed by atoms with Crippen LogP contribution in [0.3, 0.4) is 0 Å². The summed E-state index contributed by atoms with van der Waals surface area (Å²) in [5.41, 5.74) is 8.45. The van der Waals surface area contributed by atoms with Gasteiger partial charge in [0.05, 0.1) is 5.69 Å². The van der Waals surface area contributed by atoms with Gasteiger partial charge in [-0.15, -0.1) is 11.3 Å². The van der Waals surface area contributed by atoms with Gasteiger partial charge in [-0.25, -0.2) is 4.98 Å². The minimum Gasteiger partial charge on any atom is -0.326 e. The van der Waals surface area contributed by atoms with Gasteiger partial charge in [0.1, 0.15) is 5.01 Å². The molecule has 2 aromatic heterocycles. The van der Waals surface area contributed by atoms with Gasteiger partial charge >= 0.3 is 0 Å². The third kappa shape index (κ3) is 2.49. The summed E-state index contributed by atoms with van der Waals surface area (Å²) in [6.07, 6.45) is 0. The van der Waals surface area contributed by atoms with E-state index in [4.69, 9.17) is 10.7 Å².